The molecule has 4 N–H and O–H groups in total. The van der Waals surface area contributed by atoms with Gasteiger partial charge in [0.05, 0.1) is 50.1 Å². The maximum absolute atomic E-state index is 13.9. The molecule has 4 amide bonds. The summed E-state index contributed by atoms with van der Waals surface area (Å²) in [6, 6.07) is 7.26. The molecule has 8 rings (SSSR count). The van der Waals surface area contributed by atoms with Crippen molar-refractivity contribution in [1.82, 2.24) is 40.4 Å². The first kappa shape index (κ1) is 40.6. The largest absolute Gasteiger partial charge is 0.453 e. The molecular formula is C45H60N8O6. The number of aromatic amines is 2. The third kappa shape index (κ3) is 8.50. The van der Waals surface area contributed by atoms with Crippen LogP contribution in [0.3, 0.4) is 0 Å². The van der Waals surface area contributed by atoms with E-state index >= 15 is 0 Å². The maximum Gasteiger partial charge on any atom is 0.407 e. The zero-order chi connectivity index (χ0) is 41.1. The summed E-state index contributed by atoms with van der Waals surface area (Å²) >= 11 is 0. The Hall–Kier alpha value is -5.14. The SMILES string of the molecule is COC(=O)N[C@H](C(=O)N1CCC[C@H]1c1ncc(C2=CCC(C)(c3ccc(-c4cnc([C@@H]5CCCN5C(=O)[C@@H](NC(=O)OC)C5CCCC5)[nH]4)cc3)CC2)[nH]1)C1CCCC1. The molecule has 3 aromatic rings. The first-order valence-corrected chi connectivity index (χ1v) is 21.9. The van der Waals surface area contributed by atoms with Crippen LogP contribution in [0.4, 0.5) is 9.59 Å². The first-order valence-electron chi connectivity index (χ1n) is 21.9. The number of nitrogens with one attached hydrogen (secondary N) is 4. The van der Waals surface area contributed by atoms with Crippen LogP contribution >= 0.6 is 0 Å². The molecule has 59 heavy (non-hydrogen) atoms. The number of nitrogens with zero attached hydrogens (tertiary/aromatic N) is 4. The van der Waals surface area contributed by atoms with Crippen molar-refractivity contribution < 1.29 is 28.7 Å². The summed E-state index contributed by atoms with van der Waals surface area (Å²) in [5.41, 5.74) is 5.44. The number of allylic oxidation sites excluding steroid dienone is 2. The molecule has 5 atom stereocenters. The van der Waals surface area contributed by atoms with Gasteiger partial charge in [-0.15, -0.1) is 0 Å². The minimum absolute atomic E-state index is 0.0284. The Morgan fingerprint density at radius 2 is 1.20 bits per heavy atom. The second kappa shape index (κ2) is 17.6. The number of methoxy groups -OCH3 is 2. The number of carbonyl (C=O) groups is 4. The summed E-state index contributed by atoms with van der Waals surface area (Å²) in [5, 5.41) is 5.71. The van der Waals surface area contributed by atoms with Crippen LogP contribution in [0.15, 0.2) is 42.7 Å². The van der Waals surface area contributed by atoms with Gasteiger partial charge in [-0.3, -0.25) is 9.59 Å². The molecule has 2 saturated carbocycles. The van der Waals surface area contributed by atoms with E-state index in [2.05, 4.69) is 57.9 Å². The van der Waals surface area contributed by atoms with Crippen LogP contribution in [-0.2, 0) is 24.5 Å². The van der Waals surface area contributed by atoms with Gasteiger partial charge in [-0.1, -0.05) is 62.9 Å². The van der Waals surface area contributed by atoms with Crippen molar-refractivity contribution in [2.75, 3.05) is 27.3 Å². The van der Waals surface area contributed by atoms with Crippen molar-refractivity contribution in [1.29, 1.82) is 0 Å². The molecule has 0 radical (unpaired) electrons. The third-order valence-electron chi connectivity index (χ3n) is 14.1. The molecule has 316 valence electrons. The van der Waals surface area contributed by atoms with E-state index in [9.17, 15) is 19.2 Å². The van der Waals surface area contributed by atoms with E-state index in [-0.39, 0.29) is 41.1 Å². The van der Waals surface area contributed by atoms with Crippen LogP contribution in [0, 0.1) is 11.8 Å². The van der Waals surface area contributed by atoms with Crippen molar-refractivity contribution in [2.24, 2.45) is 11.8 Å². The highest BCUT2D eigenvalue weighted by Crippen LogP contribution is 2.42. The average Bonchev–Trinajstić information content (AvgIpc) is 4.12. The molecule has 0 spiro atoms. The van der Waals surface area contributed by atoms with E-state index in [0.717, 1.165) is 125 Å². The second-order valence-corrected chi connectivity index (χ2v) is 17.6. The lowest BCUT2D eigenvalue weighted by molar-refractivity contribution is -0.136. The number of aromatic nitrogens is 4. The van der Waals surface area contributed by atoms with E-state index in [1.165, 1.54) is 25.4 Å². The van der Waals surface area contributed by atoms with Crippen LogP contribution in [0.5, 0.6) is 0 Å². The topological polar surface area (TPSA) is 175 Å². The molecule has 2 aliphatic heterocycles. The Kier molecular flexibility index (Phi) is 12.1. The summed E-state index contributed by atoms with van der Waals surface area (Å²) in [5.74, 6) is 1.72. The van der Waals surface area contributed by atoms with Crippen molar-refractivity contribution in [3.63, 3.8) is 0 Å². The predicted octanol–water partition coefficient (Wildman–Crippen LogP) is 7.48. The lowest BCUT2D eigenvalue weighted by Gasteiger charge is -2.33. The molecule has 5 aliphatic rings. The molecule has 14 heteroatoms. The smallest absolute Gasteiger partial charge is 0.407 e. The lowest BCUT2D eigenvalue weighted by Crippen LogP contribution is -2.51. The number of imidazole rings is 2. The summed E-state index contributed by atoms with van der Waals surface area (Å²) < 4.78 is 9.76. The number of ether oxygens (including phenoxy) is 2. The summed E-state index contributed by atoms with van der Waals surface area (Å²) in [4.78, 5) is 72.8. The Morgan fingerprint density at radius 1 is 0.712 bits per heavy atom. The number of benzene rings is 1. The highest BCUT2D eigenvalue weighted by atomic mass is 16.5. The molecule has 2 saturated heterocycles. The van der Waals surface area contributed by atoms with Gasteiger partial charge in [0.25, 0.3) is 0 Å². The zero-order valence-electron chi connectivity index (χ0n) is 34.8. The molecule has 0 bridgehead atoms. The minimum Gasteiger partial charge on any atom is -0.453 e. The van der Waals surface area contributed by atoms with Gasteiger partial charge in [0.1, 0.15) is 23.7 Å². The highest BCUT2D eigenvalue weighted by molar-refractivity contribution is 5.87. The van der Waals surface area contributed by atoms with Crippen LogP contribution in [0.1, 0.15) is 138 Å². The summed E-state index contributed by atoms with van der Waals surface area (Å²) in [7, 11) is 2.67. The van der Waals surface area contributed by atoms with Gasteiger partial charge in [-0.25, -0.2) is 19.6 Å². The van der Waals surface area contributed by atoms with Gasteiger partial charge >= 0.3 is 12.2 Å². The number of H-pyrrole nitrogens is 2. The normalized spacial score (nSPS) is 24.8. The Labute approximate surface area is 346 Å². The molecular weight excluding hydrogens is 749 g/mol. The number of rotatable bonds is 11. The van der Waals surface area contributed by atoms with E-state index in [0.29, 0.717) is 13.1 Å². The van der Waals surface area contributed by atoms with E-state index in [4.69, 9.17) is 19.4 Å². The van der Waals surface area contributed by atoms with Crippen LogP contribution in [0.2, 0.25) is 0 Å². The first-order chi connectivity index (χ1) is 28.7. The van der Waals surface area contributed by atoms with Gasteiger partial charge in [0.15, 0.2) is 0 Å². The van der Waals surface area contributed by atoms with E-state index in [1.54, 1.807) is 0 Å². The third-order valence-corrected chi connectivity index (χ3v) is 14.1. The Morgan fingerprint density at radius 3 is 1.68 bits per heavy atom. The molecule has 4 fully saturated rings. The standard InChI is InChI=1S/C45H60N8O6/c1-45(22-20-29(21-23-45)34-27-47-40(49-34)36-15-9-25-53(36)42(55)38(51-44(57)59-3)31-12-6-7-13-31)32-18-16-28(17-19-32)33-26-46-39(48-33)35-14-8-24-52(35)41(54)37(50-43(56)58-2)30-10-4-5-11-30/h16-20,26-27,30-31,35-38H,4-15,21-25H2,1-3H3,(H,46,48)(H,47,49)(H,50,56)(H,51,57)/t35-,36-,37-,38-,45?/m0/s1. The van der Waals surface area contributed by atoms with Gasteiger partial charge in [0, 0.05) is 13.1 Å². The number of hydrogen-bond acceptors (Lipinski definition) is 8. The second-order valence-electron chi connectivity index (χ2n) is 17.6. The van der Waals surface area contributed by atoms with E-state index in [1.807, 2.05) is 22.2 Å². The number of likely N-dealkylation sites (tertiary alicyclic amines) is 2. The van der Waals surface area contributed by atoms with Gasteiger partial charge in [0.2, 0.25) is 11.8 Å². The fraction of sp³-hybridized carbons (Fsp3) is 0.600. The predicted molar refractivity (Wildman–Crippen MR) is 222 cm³/mol. The molecule has 3 aliphatic carbocycles. The van der Waals surface area contributed by atoms with Crippen LogP contribution < -0.4 is 10.6 Å². The number of amides is 4. The van der Waals surface area contributed by atoms with Gasteiger partial charge in [-0.2, -0.15) is 0 Å². The number of hydrogen-bond donors (Lipinski definition) is 4. The fourth-order valence-electron chi connectivity index (χ4n) is 10.5. The van der Waals surface area contributed by atoms with Gasteiger partial charge < -0.3 is 39.9 Å². The highest BCUT2D eigenvalue weighted by Gasteiger charge is 2.42. The van der Waals surface area contributed by atoms with Crippen molar-refractivity contribution >= 4 is 29.6 Å². The zero-order valence-corrected chi connectivity index (χ0v) is 34.8. The monoisotopic (exact) mass is 808 g/mol. The maximum atomic E-state index is 13.9. The quantitative estimate of drug-likeness (QED) is 0.154. The average molecular weight is 809 g/mol. The lowest BCUT2D eigenvalue weighted by atomic mass is 9.71. The van der Waals surface area contributed by atoms with Crippen molar-refractivity contribution in [2.45, 2.75) is 133 Å². The van der Waals surface area contributed by atoms with Crippen molar-refractivity contribution in [3.05, 3.63) is 65.6 Å². The molecule has 2 aromatic heterocycles. The number of carbonyl (C=O) groups excluding carboxylic acids is 4. The molecule has 1 unspecified atom stereocenters. The Bertz CT molecular complexity index is 2010. The molecule has 14 nitrogen and oxygen atoms in total. The Balaban J connectivity index is 0.905. The van der Waals surface area contributed by atoms with E-state index < -0.39 is 24.3 Å². The van der Waals surface area contributed by atoms with Crippen LogP contribution in [0.25, 0.3) is 16.8 Å². The van der Waals surface area contributed by atoms with Gasteiger partial charge in [-0.05, 0) is 105 Å². The van der Waals surface area contributed by atoms with Crippen LogP contribution in [-0.4, -0.2) is 93.1 Å². The fourth-order valence-corrected chi connectivity index (χ4v) is 10.5. The summed E-state index contributed by atoms with van der Waals surface area (Å²) in [6.07, 6.45) is 19.1. The minimum atomic E-state index is -0.588. The molecule has 1 aromatic carbocycles. The van der Waals surface area contributed by atoms with Crippen molar-refractivity contribution in [3.8, 4) is 11.3 Å². The number of alkyl carbamates (subject to hydrolysis) is 2. The summed E-state index contributed by atoms with van der Waals surface area (Å²) in [6.45, 7) is 3.60. The molecule has 4 heterocycles.